The summed E-state index contributed by atoms with van der Waals surface area (Å²) in [5.41, 5.74) is -0.709. The molecule has 20 heavy (non-hydrogen) atoms. The molecule has 3 nitrogen and oxygen atoms in total. The average Bonchev–Trinajstić information content (AvgIpc) is 2.41. The molecule has 2 rings (SSSR count). The van der Waals surface area contributed by atoms with E-state index in [1.165, 1.54) is 6.07 Å². The molecule has 1 fully saturated rings. The molecule has 1 heterocycles. The van der Waals surface area contributed by atoms with E-state index in [1.54, 1.807) is 0 Å². The highest BCUT2D eigenvalue weighted by atomic mass is 79.9. The first kappa shape index (κ1) is 15.3. The van der Waals surface area contributed by atoms with Crippen molar-refractivity contribution in [3.05, 3.63) is 28.2 Å². The lowest BCUT2D eigenvalue weighted by Crippen LogP contribution is -2.33. The minimum atomic E-state index is -4.44. The van der Waals surface area contributed by atoms with Gasteiger partial charge in [-0.2, -0.15) is 13.2 Å². The van der Waals surface area contributed by atoms with Gasteiger partial charge in [-0.15, -0.1) is 0 Å². The highest BCUT2D eigenvalue weighted by Gasteiger charge is 2.31. The summed E-state index contributed by atoms with van der Waals surface area (Å²) in [5, 5.41) is 2.48. The van der Waals surface area contributed by atoms with Crippen molar-refractivity contribution in [2.45, 2.75) is 31.5 Å². The van der Waals surface area contributed by atoms with Crippen molar-refractivity contribution in [1.82, 2.24) is 0 Å². The first-order valence-electron chi connectivity index (χ1n) is 6.17. The summed E-state index contributed by atoms with van der Waals surface area (Å²) in [6.07, 6.45) is -2.67. The smallest absolute Gasteiger partial charge is 0.368 e. The summed E-state index contributed by atoms with van der Waals surface area (Å²) >= 11 is 3.13. The van der Waals surface area contributed by atoms with Crippen LogP contribution >= 0.6 is 15.9 Å². The second-order valence-corrected chi connectivity index (χ2v) is 5.39. The fourth-order valence-electron chi connectivity index (χ4n) is 1.96. The molecule has 0 aliphatic carbocycles. The lowest BCUT2D eigenvalue weighted by molar-refractivity contribution is -0.137. The van der Waals surface area contributed by atoms with E-state index in [0.29, 0.717) is 17.5 Å². The van der Waals surface area contributed by atoms with E-state index >= 15 is 0 Å². The Kier molecular flexibility index (Phi) is 4.70. The van der Waals surface area contributed by atoms with Gasteiger partial charge < -0.3 is 10.1 Å². The number of benzene rings is 1. The van der Waals surface area contributed by atoms with Crippen molar-refractivity contribution < 1.29 is 22.7 Å². The number of alkyl halides is 3. The second-order valence-electron chi connectivity index (χ2n) is 4.54. The van der Waals surface area contributed by atoms with Crippen LogP contribution in [0.15, 0.2) is 22.7 Å². The summed E-state index contributed by atoms with van der Waals surface area (Å²) in [6.45, 7) is 0.502. The van der Waals surface area contributed by atoms with Crippen LogP contribution in [0, 0.1) is 0 Å². The molecule has 1 unspecified atom stereocenters. The van der Waals surface area contributed by atoms with Crippen molar-refractivity contribution in [1.29, 1.82) is 0 Å². The van der Waals surface area contributed by atoms with Crippen LogP contribution < -0.4 is 5.32 Å². The molecule has 1 aromatic rings. The topological polar surface area (TPSA) is 38.3 Å². The summed E-state index contributed by atoms with van der Waals surface area (Å²) < 4.78 is 43.6. The third kappa shape index (κ3) is 3.73. The van der Waals surface area contributed by atoms with E-state index < -0.39 is 23.8 Å². The van der Waals surface area contributed by atoms with Crippen LogP contribution in [0.5, 0.6) is 0 Å². The van der Waals surface area contributed by atoms with E-state index in [4.69, 9.17) is 4.74 Å². The number of carbonyl (C=O) groups excluding carboxylic acids is 1. The Morgan fingerprint density at radius 2 is 2.10 bits per heavy atom. The van der Waals surface area contributed by atoms with Crippen LogP contribution in [0.3, 0.4) is 0 Å². The molecule has 0 radical (unpaired) electrons. The van der Waals surface area contributed by atoms with Crippen LogP contribution in [0.4, 0.5) is 18.9 Å². The maximum Gasteiger partial charge on any atom is 0.416 e. The number of ether oxygens (including phenoxy) is 1. The minimum absolute atomic E-state index is 0.0963. The molecular formula is C13H13BrF3NO2. The first-order chi connectivity index (χ1) is 9.38. The van der Waals surface area contributed by atoms with Crippen molar-refractivity contribution in [3.63, 3.8) is 0 Å². The third-order valence-corrected chi connectivity index (χ3v) is 3.72. The number of nitrogens with one attached hydrogen (secondary N) is 1. The monoisotopic (exact) mass is 351 g/mol. The number of carbonyl (C=O) groups is 1. The van der Waals surface area contributed by atoms with E-state index in [2.05, 4.69) is 21.2 Å². The third-order valence-electron chi connectivity index (χ3n) is 3.02. The van der Waals surface area contributed by atoms with E-state index in [-0.39, 0.29) is 5.69 Å². The van der Waals surface area contributed by atoms with Gasteiger partial charge in [0, 0.05) is 11.1 Å². The van der Waals surface area contributed by atoms with Crippen molar-refractivity contribution in [2.24, 2.45) is 0 Å². The Labute approximate surface area is 122 Å². The van der Waals surface area contributed by atoms with Gasteiger partial charge in [-0.3, -0.25) is 4.79 Å². The molecule has 1 amide bonds. The Hall–Kier alpha value is -1.08. The summed E-state index contributed by atoms with van der Waals surface area (Å²) in [7, 11) is 0. The normalized spacial score (nSPS) is 19.7. The Balaban J connectivity index is 2.13. The highest BCUT2D eigenvalue weighted by Crippen LogP contribution is 2.34. The van der Waals surface area contributed by atoms with Crippen LogP contribution in [0.1, 0.15) is 24.8 Å². The molecule has 1 aliphatic rings. The molecule has 1 aliphatic heterocycles. The lowest BCUT2D eigenvalue weighted by atomic mass is 10.1. The van der Waals surface area contributed by atoms with Gasteiger partial charge in [-0.25, -0.2) is 0 Å². The standard InChI is InChI=1S/C13H13BrF3NO2/c14-9-5-4-8(13(15,16)17)7-10(9)18-12(19)11-3-1-2-6-20-11/h4-5,7,11H,1-3,6H2,(H,18,19). The van der Waals surface area contributed by atoms with Gasteiger partial charge >= 0.3 is 6.18 Å². The van der Waals surface area contributed by atoms with Crippen LogP contribution in [0.2, 0.25) is 0 Å². The number of anilines is 1. The Morgan fingerprint density at radius 3 is 2.70 bits per heavy atom. The molecule has 1 aromatic carbocycles. The summed E-state index contributed by atoms with van der Waals surface area (Å²) in [4.78, 5) is 11.9. The summed E-state index contributed by atoms with van der Waals surface area (Å²) in [6, 6.07) is 3.13. The van der Waals surface area contributed by atoms with E-state index in [1.807, 2.05) is 0 Å². The molecular weight excluding hydrogens is 339 g/mol. The van der Waals surface area contributed by atoms with Crippen molar-refractivity contribution >= 4 is 27.5 Å². The van der Waals surface area contributed by atoms with Crippen molar-refractivity contribution in [3.8, 4) is 0 Å². The quantitative estimate of drug-likeness (QED) is 0.875. The van der Waals surface area contributed by atoms with Crippen LogP contribution in [-0.4, -0.2) is 18.6 Å². The molecule has 0 saturated carbocycles. The molecule has 1 atom stereocenters. The SMILES string of the molecule is O=C(Nc1cc(C(F)(F)F)ccc1Br)C1CCCCO1. The molecule has 1 saturated heterocycles. The zero-order valence-electron chi connectivity index (χ0n) is 10.5. The lowest BCUT2D eigenvalue weighted by Gasteiger charge is -2.22. The highest BCUT2D eigenvalue weighted by molar-refractivity contribution is 9.10. The average molecular weight is 352 g/mol. The zero-order valence-corrected chi connectivity index (χ0v) is 12.1. The fraction of sp³-hybridized carbons (Fsp3) is 0.462. The number of amides is 1. The molecule has 0 aromatic heterocycles. The maximum atomic E-state index is 12.6. The van der Waals surface area contributed by atoms with Gasteiger partial charge in [0.15, 0.2) is 0 Å². The van der Waals surface area contributed by atoms with E-state index in [0.717, 1.165) is 25.0 Å². The summed E-state index contributed by atoms with van der Waals surface area (Å²) in [5.74, 6) is -0.412. The maximum absolute atomic E-state index is 12.6. The van der Waals surface area contributed by atoms with Crippen LogP contribution in [0.25, 0.3) is 0 Å². The van der Waals surface area contributed by atoms with Gasteiger partial charge in [0.1, 0.15) is 6.10 Å². The largest absolute Gasteiger partial charge is 0.416 e. The molecule has 1 N–H and O–H groups in total. The second kappa shape index (κ2) is 6.13. The number of hydrogen-bond acceptors (Lipinski definition) is 2. The van der Waals surface area contributed by atoms with Gasteiger partial charge in [0.2, 0.25) is 0 Å². The van der Waals surface area contributed by atoms with E-state index in [9.17, 15) is 18.0 Å². The van der Waals surface area contributed by atoms with Crippen molar-refractivity contribution in [2.75, 3.05) is 11.9 Å². The minimum Gasteiger partial charge on any atom is -0.368 e. The predicted octanol–water partition coefficient (Wildman–Crippen LogP) is 3.98. The fourth-order valence-corrected chi connectivity index (χ4v) is 2.30. The van der Waals surface area contributed by atoms with Gasteiger partial charge in [-0.05, 0) is 53.4 Å². The Morgan fingerprint density at radius 1 is 1.35 bits per heavy atom. The Bertz CT molecular complexity index is 499. The number of rotatable bonds is 2. The molecule has 0 spiro atoms. The molecule has 0 bridgehead atoms. The van der Waals surface area contributed by atoms with Gasteiger partial charge in [-0.1, -0.05) is 0 Å². The van der Waals surface area contributed by atoms with Crippen LogP contribution in [-0.2, 0) is 15.7 Å². The number of hydrogen-bond donors (Lipinski definition) is 1. The number of halogens is 4. The van der Waals surface area contributed by atoms with Gasteiger partial charge in [0.05, 0.1) is 11.3 Å². The predicted molar refractivity (Wildman–Crippen MR) is 71.4 cm³/mol. The first-order valence-corrected chi connectivity index (χ1v) is 6.96. The van der Waals surface area contributed by atoms with Gasteiger partial charge in [0.25, 0.3) is 5.91 Å². The zero-order chi connectivity index (χ0) is 14.8. The molecule has 110 valence electrons. The molecule has 7 heteroatoms.